The molecule has 3 atom stereocenters. The van der Waals surface area contributed by atoms with Crippen LogP contribution >= 0.6 is 0 Å². The SMILES string of the molecule is CCOc1cc(CN2CC[C@H]3C(CC(=O)c4cccnc4)CC[C@H]32)cc(OCC)c1-c1ccc(F)cc1. The average Bonchev–Trinajstić information content (AvgIpc) is 3.49. The summed E-state index contributed by atoms with van der Waals surface area (Å²) in [6.45, 7) is 6.85. The first-order valence-corrected chi connectivity index (χ1v) is 13.4. The minimum atomic E-state index is -0.267. The number of aromatic nitrogens is 1. The van der Waals surface area contributed by atoms with Crippen LogP contribution in [0.4, 0.5) is 4.39 Å². The predicted octanol–water partition coefficient (Wildman–Crippen LogP) is 6.56. The van der Waals surface area contributed by atoms with Crippen molar-refractivity contribution in [1.82, 2.24) is 9.88 Å². The van der Waals surface area contributed by atoms with Gasteiger partial charge in [-0.05, 0) is 99.0 Å². The Labute approximate surface area is 218 Å². The second kappa shape index (κ2) is 11.4. The van der Waals surface area contributed by atoms with Crippen molar-refractivity contribution >= 4 is 5.78 Å². The largest absolute Gasteiger partial charge is 0.493 e. The number of hydrogen-bond donors (Lipinski definition) is 0. The molecule has 194 valence electrons. The van der Waals surface area contributed by atoms with E-state index in [0.29, 0.717) is 43.1 Å². The molecule has 1 aromatic heterocycles. The number of fused-ring (bicyclic) bond motifs is 1. The third-order valence-corrected chi connectivity index (χ3v) is 7.83. The normalized spacial score (nSPS) is 21.1. The van der Waals surface area contributed by atoms with E-state index in [1.807, 2.05) is 26.0 Å². The summed E-state index contributed by atoms with van der Waals surface area (Å²) in [7, 11) is 0. The van der Waals surface area contributed by atoms with Crippen molar-refractivity contribution in [1.29, 1.82) is 0 Å². The zero-order chi connectivity index (χ0) is 25.8. The molecule has 0 radical (unpaired) electrons. The molecule has 1 aliphatic heterocycles. The standard InChI is InChI=1S/C31H35FN2O3/c1-3-36-29-16-21(17-30(37-4-2)31(29)22-7-10-25(32)11-8-22)20-34-15-13-26-23(9-12-27(26)34)18-28(35)24-6-5-14-33-19-24/h5-8,10-11,14,16-17,19,23,26-27H,3-4,9,12-13,15,18,20H2,1-2H3/t23?,26-,27+/m0/s1. The Bertz CT molecular complexity index is 1190. The van der Waals surface area contributed by atoms with Crippen LogP contribution in [0.1, 0.15) is 55.5 Å². The molecular formula is C31H35FN2O3. The van der Waals surface area contributed by atoms with Gasteiger partial charge in [-0.25, -0.2) is 4.39 Å². The maximum absolute atomic E-state index is 13.6. The minimum Gasteiger partial charge on any atom is -0.493 e. The third-order valence-electron chi connectivity index (χ3n) is 7.83. The average molecular weight is 503 g/mol. The summed E-state index contributed by atoms with van der Waals surface area (Å²) >= 11 is 0. The van der Waals surface area contributed by atoms with Gasteiger partial charge in [-0.1, -0.05) is 12.1 Å². The van der Waals surface area contributed by atoms with E-state index < -0.39 is 0 Å². The van der Waals surface area contributed by atoms with E-state index in [0.717, 1.165) is 60.5 Å². The number of halogens is 1. The van der Waals surface area contributed by atoms with Gasteiger partial charge in [0.25, 0.3) is 0 Å². The number of rotatable bonds is 10. The van der Waals surface area contributed by atoms with Gasteiger partial charge in [-0.15, -0.1) is 0 Å². The van der Waals surface area contributed by atoms with Gasteiger partial charge in [0.05, 0.1) is 18.8 Å². The Hall–Kier alpha value is -3.25. The molecule has 1 saturated carbocycles. The number of carbonyl (C=O) groups is 1. The number of benzene rings is 2. The molecule has 37 heavy (non-hydrogen) atoms. The van der Waals surface area contributed by atoms with Gasteiger partial charge in [-0.2, -0.15) is 0 Å². The van der Waals surface area contributed by atoms with Crippen molar-refractivity contribution < 1.29 is 18.7 Å². The smallest absolute Gasteiger partial charge is 0.164 e. The maximum Gasteiger partial charge on any atom is 0.164 e. The van der Waals surface area contributed by atoms with Crippen molar-refractivity contribution in [2.24, 2.45) is 11.8 Å². The van der Waals surface area contributed by atoms with Crippen LogP contribution in [0.25, 0.3) is 11.1 Å². The van der Waals surface area contributed by atoms with Gasteiger partial charge in [-0.3, -0.25) is 14.7 Å². The molecule has 3 aromatic rings. The van der Waals surface area contributed by atoms with E-state index in [-0.39, 0.29) is 11.6 Å². The number of ether oxygens (including phenoxy) is 2. The highest BCUT2D eigenvalue weighted by molar-refractivity contribution is 5.95. The van der Waals surface area contributed by atoms with Crippen molar-refractivity contribution in [3.8, 4) is 22.6 Å². The maximum atomic E-state index is 13.6. The molecule has 5 nitrogen and oxygen atoms in total. The zero-order valence-electron chi connectivity index (χ0n) is 21.7. The number of nitrogens with zero attached hydrogens (tertiary/aromatic N) is 2. The van der Waals surface area contributed by atoms with Gasteiger partial charge in [0.1, 0.15) is 17.3 Å². The van der Waals surface area contributed by atoms with Gasteiger partial charge >= 0.3 is 0 Å². The minimum absolute atomic E-state index is 0.205. The summed E-state index contributed by atoms with van der Waals surface area (Å²) < 4.78 is 25.7. The van der Waals surface area contributed by atoms with Gasteiger partial charge in [0, 0.05) is 37.0 Å². The van der Waals surface area contributed by atoms with E-state index in [4.69, 9.17) is 9.47 Å². The summed E-state index contributed by atoms with van der Waals surface area (Å²) in [6.07, 6.45) is 7.33. The Kier molecular flexibility index (Phi) is 7.85. The quantitative estimate of drug-likeness (QED) is 0.294. The number of hydrogen-bond acceptors (Lipinski definition) is 5. The van der Waals surface area contributed by atoms with Crippen LogP contribution in [0.5, 0.6) is 11.5 Å². The van der Waals surface area contributed by atoms with Gasteiger partial charge < -0.3 is 9.47 Å². The summed E-state index contributed by atoms with van der Waals surface area (Å²) in [5.41, 5.74) is 3.60. The molecule has 0 amide bonds. The number of pyridine rings is 1. The highest BCUT2D eigenvalue weighted by Crippen LogP contribution is 2.46. The molecule has 1 aliphatic carbocycles. The van der Waals surface area contributed by atoms with E-state index in [9.17, 15) is 9.18 Å². The number of likely N-dealkylation sites (tertiary alicyclic amines) is 1. The Morgan fingerprint density at radius 3 is 2.41 bits per heavy atom. The van der Waals surface area contributed by atoms with E-state index in [1.54, 1.807) is 24.5 Å². The number of ketones is 1. The molecule has 2 aliphatic rings. The van der Waals surface area contributed by atoms with Crippen LogP contribution in [0.2, 0.25) is 0 Å². The summed E-state index contributed by atoms with van der Waals surface area (Å²) in [6, 6.07) is 14.9. The molecule has 5 rings (SSSR count). The van der Waals surface area contributed by atoms with Crippen molar-refractivity contribution in [3.63, 3.8) is 0 Å². The lowest BCUT2D eigenvalue weighted by Gasteiger charge is -2.25. The molecule has 2 aromatic carbocycles. The van der Waals surface area contributed by atoms with Crippen LogP contribution < -0.4 is 9.47 Å². The van der Waals surface area contributed by atoms with E-state index in [2.05, 4.69) is 22.0 Å². The second-order valence-corrected chi connectivity index (χ2v) is 10.0. The Balaban J connectivity index is 1.34. The molecule has 2 heterocycles. The summed E-state index contributed by atoms with van der Waals surface area (Å²) in [5, 5.41) is 0. The Morgan fingerprint density at radius 1 is 1.03 bits per heavy atom. The first kappa shape index (κ1) is 25.4. The monoisotopic (exact) mass is 502 g/mol. The van der Waals surface area contributed by atoms with E-state index >= 15 is 0 Å². The van der Waals surface area contributed by atoms with Gasteiger partial charge in [0.2, 0.25) is 0 Å². The van der Waals surface area contributed by atoms with Crippen LogP contribution in [0.3, 0.4) is 0 Å². The first-order chi connectivity index (χ1) is 18.1. The van der Waals surface area contributed by atoms with Crippen LogP contribution in [0, 0.1) is 17.7 Å². The first-order valence-electron chi connectivity index (χ1n) is 13.4. The molecule has 0 spiro atoms. The van der Waals surface area contributed by atoms with Crippen molar-refractivity contribution in [2.75, 3.05) is 19.8 Å². The van der Waals surface area contributed by atoms with Crippen LogP contribution in [0.15, 0.2) is 60.9 Å². The molecule has 1 unspecified atom stereocenters. The molecule has 1 saturated heterocycles. The highest BCUT2D eigenvalue weighted by Gasteiger charge is 2.44. The lowest BCUT2D eigenvalue weighted by molar-refractivity contribution is 0.0948. The van der Waals surface area contributed by atoms with Crippen LogP contribution in [-0.4, -0.2) is 41.5 Å². The molecular weight excluding hydrogens is 467 g/mol. The van der Waals surface area contributed by atoms with Gasteiger partial charge in [0.15, 0.2) is 5.78 Å². The fraction of sp³-hybridized carbons (Fsp3) is 0.419. The van der Waals surface area contributed by atoms with Crippen molar-refractivity contribution in [3.05, 3.63) is 77.9 Å². The zero-order valence-corrected chi connectivity index (χ0v) is 21.7. The topological polar surface area (TPSA) is 51.7 Å². The fourth-order valence-electron chi connectivity index (χ4n) is 6.23. The number of carbonyl (C=O) groups excluding carboxylic acids is 1. The van der Waals surface area contributed by atoms with E-state index in [1.165, 1.54) is 12.1 Å². The third kappa shape index (κ3) is 5.54. The van der Waals surface area contributed by atoms with Crippen LogP contribution in [-0.2, 0) is 6.54 Å². The molecule has 2 fully saturated rings. The highest BCUT2D eigenvalue weighted by atomic mass is 19.1. The molecule has 0 bridgehead atoms. The Morgan fingerprint density at radius 2 is 1.76 bits per heavy atom. The second-order valence-electron chi connectivity index (χ2n) is 10.0. The lowest BCUT2D eigenvalue weighted by atomic mass is 9.88. The van der Waals surface area contributed by atoms with Crippen molar-refractivity contribution in [2.45, 2.75) is 52.1 Å². The summed E-state index contributed by atoms with van der Waals surface area (Å²) in [4.78, 5) is 19.5. The predicted molar refractivity (Wildman–Crippen MR) is 142 cm³/mol. The molecule has 0 N–H and O–H groups in total. The number of Topliss-reactive ketones (excluding diaryl/α,β-unsaturated/α-hetero) is 1. The summed E-state index contributed by atoms with van der Waals surface area (Å²) in [5.74, 6) is 2.45. The fourth-order valence-corrected chi connectivity index (χ4v) is 6.23. The lowest BCUT2D eigenvalue weighted by Crippen LogP contribution is -2.30. The molecule has 6 heteroatoms.